The van der Waals surface area contributed by atoms with E-state index in [1.807, 2.05) is 36.4 Å². The van der Waals surface area contributed by atoms with Crippen LogP contribution in [-0.2, 0) is 4.74 Å². The molecule has 2 heterocycles. The van der Waals surface area contributed by atoms with Crippen molar-refractivity contribution in [3.63, 3.8) is 0 Å². The Morgan fingerprint density at radius 2 is 1.63 bits per heavy atom. The molecule has 1 atom stereocenters. The van der Waals surface area contributed by atoms with E-state index in [9.17, 15) is 9.59 Å². The van der Waals surface area contributed by atoms with Crippen LogP contribution in [0.3, 0.4) is 0 Å². The van der Waals surface area contributed by atoms with E-state index >= 15 is 0 Å². The average molecular weight is 363 g/mol. The van der Waals surface area contributed by atoms with Crippen LogP contribution in [0.15, 0.2) is 74.3 Å². The van der Waals surface area contributed by atoms with Crippen molar-refractivity contribution in [2.45, 2.75) is 6.10 Å². The van der Waals surface area contributed by atoms with Gasteiger partial charge in [0.25, 0.3) is 5.91 Å². The number of hydrogen-bond acceptors (Lipinski definition) is 5. The van der Waals surface area contributed by atoms with E-state index in [2.05, 4.69) is 5.32 Å². The zero-order valence-corrected chi connectivity index (χ0v) is 14.6. The monoisotopic (exact) mass is 363 g/mol. The van der Waals surface area contributed by atoms with Gasteiger partial charge in [0, 0.05) is 17.9 Å². The summed E-state index contributed by atoms with van der Waals surface area (Å²) in [4.78, 5) is 24.6. The van der Waals surface area contributed by atoms with Gasteiger partial charge < -0.3 is 18.9 Å². The topological polar surface area (TPSA) is 81.7 Å². The predicted octanol–water partition coefficient (Wildman–Crippen LogP) is 3.66. The lowest BCUT2D eigenvalue weighted by Gasteiger charge is -2.13. The largest absolute Gasteiger partial charge is 0.458 e. The van der Waals surface area contributed by atoms with Crippen molar-refractivity contribution < 1.29 is 18.4 Å². The molecule has 0 spiro atoms. The Bertz CT molecular complexity index is 1140. The smallest absolute Gasteiger partial charge is 0.349 e. The first-order chi connectivity index (χ1) is 13.2. The number of carbonyl (C=O) groups is 1. The molecule has 0 aliphatic carbocycles. The van der Waals surface area contributed by atoms with E-state index < -0.39 is 17.6 Å². The van der Waals surface area contributed by atoms with Crippen LogP contribution in [0.5, 0.6) is 0 Å². The first-order valence-electron chi connectivity index (χ1n) is 8.48. The number of carbonyl (C=O) groups excluding carboxylic acids is 1. The Morgan fingerprint density at radius 1 is 1.00 bits per heavy atom. The summed E-state index contributed by atoms with van der Waals surface area (Å²) in [5.41, 5.74) is 0.462. The molecule has 0 aliphatic rings. The summed E-state index contributed by atoms with van der Waals surface area (Å²) in [7, 11) is 1.54. The summed E-state index contributed by atoms with van der Waals surface area (Å²) >= 11 is 0. The molecule has 0 saturated heterocycles. The number of benzene rings is 2. The highest BCUT2D eigenvalue weighted by Gasteiger charge is 2.19. The maximum atomic E-state index is 12.5. The molecular formula is C21H17NO5. The Morgan fingerprint density at radius 3 is 2.30 bits per heavy atom. The zero-order chi connectivity index (χ0) is 18.8. The number of hydrogen-bond donors (Lipinski definition) is 1. The molecule has 4 aromatic rings. The number of methoxy groups -OCH3 is 1. The predicted molar refractivity (Wildman–Crippen MR) is 101 cm³/mol. The lowest BCUT2D eigenvalue weighted by atomic mass is 10.1. The normalized spacial score (nSPS) is 12.3. The summed E-state index contributed by atoms with van der Waals surface area (Å²) in [5, 5.41) is 4.35. The van der Waals surface area contributed by atoms with Gasteiger partial charge in [0.05, 0.1) is 6.54 Å². The molecule has 4 rings (SSSR count). The third-order valence-corrected chi connectivity index (χ3v) is 4.38. The van der Waals surface area contributed by atoms with Crippen molar-refractivity contribution >= 4 is 27.8 Å². The summed E-state index contributed by atoms with van der Waals surface area (Å²) in [6, 6.07) is 18.1. The molecule has 2 aromatic heterocycles. The van der Waals surface area contributed by atoms with Crippen molar-refractivity contribution in [3.05, 3.63) is 82.4 Å². The summed E-state index contributed by atoms with van der Waals surface area (Å²) in [6.45, 7) is 0.154. The van der Waals surface area contributed by atoms with Crippen molar-refractivity contribution in [3.8, 4) is 0 Å². The average Bonchev–Trinajstić information content (AvgIpc) is 3.11. The second kappa shape index (κ2) is 7.09. The Labute approximate surface area is 154 Å². The first-order valence-corrected chi connectivity index (χ1v) is 8.48. The summed E-state index contributed by atoms with van der Waals surface area (Å²) in [6.07, 6.45) is -0.478. The van der Waals surface area contributed by atoms with Gasteiger partial charge >= 0.3 is 5.63 Å². The van der Waals surface area contributed by atoms with Crippen LogP contribution in [0.1, 0.15) is 22.2 Å². The van der Waals surface area contributed by atoms with Gasteiger partial charge in [-0.05, 0) is 24.3 Å². The van der Waals surface area contributed by atoms with Crippen LogP contribution in [0.2, 0.25) is 0 Å². The van der Waals surface area contributed by atoms with Crippen molar-refractivity contribution in [2.24, 2.45) is 0 Å². The highest BCUT2D eigenvalue weighted by atomic mass is 16.5. The first kappa shape index (κ1) is 17.1. The molecule has 0 bridgehead atoms. The van der Waals surface area contributed by atoms with E-state index in [0.29, 0.717) is 16.7 Å². The standard InChI is InChI=1S/C21H17NO5/c1-25-19(18-11-14-7-3-4-8-16(14)26-18)12-22-20(23)15-10-13-6-2-5-9-17(13)27-21(15)24/h2-11,19H,12H2,1H3,(H,22,23)/t19-/m0/s1. The minimum absolute atomic E-state index is 0.0480. The van der Waals surface area contributed by atoms with Crippen molar-refractivity contribution in [2.75, 3.05) is 13.7 Å². The van der Waals surface area contributed by atoms with Crippen LogP contribution in [0, 0.1) is 0 Å². The van der Waals surface area contributed by atoms with Gasteiger partial charge in [-0.2, -0.15) is 0 Å². The van der Waals surface area contributed by atoms with Gasteiger partial charge in [-0.1, -0.05) is 36.4 Å². The van der Waals surface area contributed by atoms with E-state index in [-0.39, 0.29) is 12.1 Å². The number of furan rings is 1. The fraction of sp³-hybridized carbons (Fsp3) is 0.143. The molecule has 136 valence electrons. The van der Waals surface area contributed by atoms with E-state index in [1.165, 1.54) is 13.2 Å². The molecular weight excluding hydrogens is 346 g/mol. The minimum atomic E-state index is -0.677. The van der Waals surface area contributed by atoms with Gasteiger partial charge in [0.2, 0.25) is 0 Å². The van der Waals surface area contributed by atoms with E-state index in [0.717, 1.165) is 11.0 Å². The van der Waals surface area contributed by atoms with Crippen molar-refractivity contribution in [1.82, 2.24) is 5.32 Å². The number of nitrogens with one attached hydrogen (secondary N) is 1. The zero-order valence-electron chi connectivity index (χ0n) is 14.6. The maximum absolute atomic E-state index is 12.5. The molecule has 2 aromatic carbocycles. The molecule has 1 N–H and O–H groups in total. The molecule has 0 radical (unpaired) electrons. The Kier molecular flexibility index (Phi) is 4.48. The van der Waals surface area contributed by atoms with Gasteiger partial charge in [-0.15, -0.1) is 0 Å². The second-order valence-electron chi connectivity index (χ2n) is 6.11. The third kappa shape index (κ3) is 3.35. The van der Waals surface area contributed by atoms with Crippen molar-refractivity contribution in [1.29, 1.82) is 0 Å². The summed E-state index contributed by atoms with van der Waals surface area (Å²) in [5.74, 6) is 0.0808. The minimum Gasteiger partial charge on any atom is -0.458 e. The van der Waals surface area contributed by atoms with Gasteiger partial charge in [0.15, 0.2) is 0 Å². The quantitative estimate of drug-likeness (QED) is 0.547. The number of amides is 1. The van der Waals surface area contributed by atoms with E-state index in [1.54, 1.807) is 18.2 Å². The second-order valence-corrected chi connectivity index (χ2v) is 6.11. The fourth-order valence-corrected chi connectivity index (χ4v) is 2.96. The van der Waals surface area contributed by atoms with E-state index in [4.69, 9.17) is 13.6 Å². The molecule has 0 saturated carbocycles. The molecule has 0 fully saturated rings. The highest BCUT2D eigenvalue weighted by Crippen LogP contribution is 2.25. The van der Waals surface area contributed by atoms with Crippen LogP contribution >= 0.6 is 0 Å². The molecule has 27 heavy (non-hydrogen) atoms. The Hall–Kier alpha value is -3.38. The van der Waals surface area contributed by atoms with Gasteiger partial charge in [-0.3, -0.25) is 4.79 Å². The van der Waals surface area contributed by atoms with Crippen LogP contribution in [-0.4, -0.2) is 19.6 Å². The molecule has 1 amide bonds. The SMILES string of the molecule is CO[C@@H](CNC(=O)c1cc2ccccc2oc1=O)c1cc2ccccc2o1. The van der Waals surface area contributed by atoms with Crippen LogP contribution in [0.25, 0.3) is 21.9 Å². The van der Waals surface area contributed by atoms with Crippen LogP contribution < -0.4 is 10.9 Å². The van der Waals surface area contributed by atoms with Gasteiger partial charge in [-0.25, -0.2) is 4.79 Å². The number of ether oxygens (including phenoxy) is 1. The highest BCUT2D eigenvalue weighted by molar-refractivity contribution is 5.96. The number of rotatable bonds is 5. The Balaban J connectivity index is 1.54. The number of para-hydroxylation sites is 2. The molecule has 0 aliphatic heterocycles. The lowest BCUT2D eigenvalue weighted by molar-refractivity contribution is 0.0745. The molecule has 6 heteroatoms. The maximum Gasteiger partial charge on any atom is 0.349 e. The van der Waals surface area contributed by atoms with Gasteiger partial charge in [0.1, 0.15) is 28.6 Å². The fourth-order valence-electron chi connectivity index (χ4n) is 2.96. The lowest BCUT2D eigenvalue weighted by Crippen LogP contribution is -2.32. The molecule has 0 unspecified atom stereocenters. The summed E-state index contributed by atoms with van der Waals surface area (Å²) < 4.78 is 16.4. The molecule has 6 nitrogen and oxygen atoms in total. The third-order valence-electron chi connectivity index (χ3n) is 4.38. The number of fused-ring (bicyclic) bond motifs is 2. The van der Waals surface area contributed by atoms with Crippen LogP contribution in [0.4, 0.5) is 0 Å².